The second-order valence-corrected chi connectivity index (χ2v) is 6.32. The second kappa shape index (κ2) is 6.59. The highest BCUT2D eigenvalue weighted by Crippen LogP contribution is 2.29. The Morgan fingerprint density at radius 2 is 1.92 bits per heavy atom. The summed E-state index contributed by atoms with van der Waals surface area (Å²) in [5, 5.41) is 4.38. The van der Waals surface area contributed by atoms with Gasteiger partial charge in [-0.3, -0.25) is 0 Å². The van der Waals surface area contributed by atoms with Crippen molar-refractivity contribution in [1.82, 2.24) is 24.6 Å². The number of piperidine rings is 1. The SMILES string of the molecule is Cc1nc(C2CCN(C(=O)N(C)C)CC2)n(-c2ccccc2F)n1. The maximum absolute atomic E-state index is 14.1. The van der Waals surface area contributed by atoms with Crippen molar-refractivity contribution in [1.29, 1.82) is 0 Å². The molecule has 0 atom stereocenters. The van der Waals surface area contributed by atoms with Gasteiger partial charge in [0.05, 0.1) is 0 Å². The summed E-state index contributed by atoms with van der Waals surface area (Å²) < 4.78 is 15.8. The molecule has 2 aromatic rings. The van der Waals surface area contributed by atoms with Gasteiger partial charge in [0.15, 0.2) is 0 Å². The molecule has 6 nitrogen and oxygen atoms in total. The Hall–Kier alpha value is -2.44. The molecule has 1 aliphatic heterocycles. The third-order valence-electron chi connectivity index (χ3n) is 4.33. The summed E-state index contributed by atoms with van der Waals surface area (Å²) >= 11 is 0. The van der Waals surface area contributed by atoms with E-state index in [1.165, 1.54) is 6.07 Å². The predicted molar refractivity (Wildman–Crippen MR) is 88.7 cm³/mol. The average Bonchev–Trinajstić information content (AvgIpc) is 2.96. The Labute approximate surface area is 140 Å². The highest BCUT2D eigenvalue weighted by molar-refractivity contribution is 5.73. The van der Waals surface area contributed by atoms with Gasteiger partial charge in [-0.05, 0) is 31.9 Å². The molecule has 2 amide bonds. The van der Waals surface area contributed by atoms with Crippen LogP contribution in [0.3, 0.4) is 0 Å². The van der Waals surface area contributed by atoms with Crippen LogP contribution < -0.4 is 0 Å². The van der Waals surface area contributed by atoms with Gasteiger partial charge in [-0.1, -0.05) is 12.1 Å². The molecule has 0 saturated carbocycles. The maximum Gasteiger partial charge on any atom is 0.319 e. The molecule has 0 radical (unpaired) electrons. The molecule has 7 heteroatoms. The van der Waals surface area contributed by atoms with Gasteiger partial charge in [0.25, 0.3) is 0 Å². The molecule has 1 saturated heterocycles. The van der Waals surface area contributed by atoms with E-state index in [1.807, 2.05) is 11.8 Å². The minimum atomic E-state index is -0.316. The molecule has 0 aliphatic carbocycles. The highest BCUT2D eigenvalue weighted by Gasteiger charge is 2.28. The first-order valence-corrected chi connectivity index (χ1v) is 8.12. The first-order valence-electron chi connectivity index (χ1n) is 8.12. The molecule has 1 fully saturated rings. The van der Waals surface area contributed by atoms with E-state index in [2.05, 4.69) is 10.1 Å². The zero-order valence-electron chi connectivity index (χ0n) is 14.2. The summed E-state index contributed by atoms with van der Waals surface area (Å²) in [7, 11) is 3.51. The van der Waals surface area contributed by atoms with Crippen LogP contribution in [-0.2, 0) is 0 Å². The van der Waals surface area contributed by atoms with Crippen LogP contribution in [0.4, 0.5) is 9.18 Å². The van der Waals surface area contributed by atoms with Crippen molar-refractivity contribution in [2.24, 2.45) is 0 Å². The topological polar surface area (TPSA) is 54.3 Å². The van der Waals surface area contributed by atoms with Crippen LogP contribution >= 0.6 is 0 Å². The van der Waals surface area contributed by atoms with E-state index in [1.54, 1.807) is 41.9 Å². The van der Waals surface area contributed by atoms with Gasteiger partial charge in [0.1, 0.15) is 23.2 Å². The summed E-state index contributed by atoms with van der Waals surface area (Å²) in [5.74, 6) is 1.25. The molecule has 1 aliphatic rings. The van der Waals surface area contributed by atoms with Gasteiger partial charge in [-0.2, -0.15) is 5.10 Å². The highest BCUT2D eigenvalue weighted by atomic mass is 19.1. The molecule has 0 N–H and O–H groups in total. The first kappa shape index (κ1) is 16.4. The number of amides is 2. The number of para-hydroxylation sites is 1. The number of urea groups is 1. The van der Waals surface area contributed by atoms with Gasteiger partial charge in [0.2, 0.25) is 0 Å². The first-order chi connectivity index (χ1) is 11.5. The second-order valence-electron chi connectivity index (χ2n) is 6.32. The number of nitrogens with zero attached hydrogens (tertiary/aromatic N) is 5. The molecule has 0 unspecified atom stereocenters. The fourth-order valence-electron chi connectivity index (χ4n) is 3.11. The minimum absolute atomic E-state index is 0.0280. The quantitative estimate of drug-likeness (QED) is 0.850. The number of rotatable bonds is 2. The van der Waals surface area contributed by atoms with Crippen molar-refractivity contribution < 1.29 is 9.18 Å². The van der Waals surface area contributed by atoms with Gasteiger partial charge in [-0.15, -0.1) is 0 Å². The van der Waals surface area contributed by atoms with Crippen LogP contribution in [0.1, 0.15) is 30.4 Å². The van der Waals surface area contributed by atoms with Gasteiger partial charge >= 0.3 is 6.03 Å². The number of aryl methyl sites for hydroxylation is 1. The Bertz CT molecular complexity index is 734. The zero-order valence-corrected chi connectivity index (χ0v) is 14.2. The van der Waals surface area contributed by atoms with Crippen LogP contribution in [-0.4, -0.2) is 57.8 Å². The lowest BCUT2D eigenvalue weighted by molar-refractivity contribution is 0.155. The number of halogens is 1. The molecule has 1 aromatic carbocycles. The molecule has 2 heterocycles. The van der Waals surface area contributed by atoms with E-state index >= 15 is 0 Å². The van der Waals surface area contributed by atoms with E-state index in [4.69, 9.17) is 0 Å². The smallest absolute Gasteiger partial charge is 0.319 e. The number of hydrogen-bond donors (Lipinski definition) is 0. The van der Waals surface area contributed by atoms with Gasteiger partial charge in [0, 0.05) is 33.1 Å². The number of carbonyl (C=O) groups excluding carboxylic acids is 1. The molecule has 0 spiro atoms. The summed E-state index contributed by atoms with van der Waals surface area (Å²) in [6, 6.07) is 6.61. The van der Waals surface area contributed by atoms with E-state index in [0.717, 1.165) is 18.7 Å². The van der Waals surface area contributed by atoms with Crippen molar-refractivity contribution in [3.05, 3.63) is 41.7 Å². The fourth-order valence-corrected chi connectivity index (χ4v) is 3.11. The molecular weight excluding hydrogens is 309 g/mol. The van der Waals surface area contributed by atoms with Crippen LogP contribution in [0, 0.1) is 12.7 Å². The standard InChI is InChI=1S/C17H22FN5O/c1-12-19-16(23(20-12)15-7-5-4-6-14(15)18)13-8-10-22(11-9-13)17(24)21(2)3/h4-7,13H,8-11H2,1-3H3. The maximum atomic E-state index is 14.1. The molecular formula is C17H22FN5O. The molecule has 128 valence electrons. The van der Waals surface area contributed by atoms with E-state index < -0.39 is 0 Å². The number of likely N-dealkylation sites (tertiary alicyclic amines) is 1. The average molecular weight is 331 g/mol. The lowest BCUT2D eigenvalue weighted by Gasteiger charge is -2.33. The molecule has 0 bridgehead atoms. The summed E-state index contributed by atoms with van der Waals surface area (Å²) in [6.07, 6.45) is 1.60. The summed E-state index contributed by atoms with van der Waals surface area (Å²) in [6.45, 7) is 3.15. The lowest BCUT2D eigenvalue weighted by atomic mass is 9.96. The number of carbonyl (C=O) groups is 1. The summed E-state index contributed by atoms with van der Waals surface area (Å²) in [5.41, 5.74) is 0.417. The normalized spacial score (nSPS) is 15.6. The molecule has 24 heavy (non-hydrogen) atoms. The van der Waals surface area contributed by atoms with Crippen LogP contribution in [0.5, 0.6) is 0 Å². The molecule has 3 rings (SSSR count). The predicted octanol–water partition coefficient (Wildman–Crippen LogP) is 2.58. The number of aromatic nitrogens is 3. The Kier molecular flexibility index (Phi) is 4.51. The van der Waals surface area contributed by atoms with Crippen LogP contribution in [0.15, 0.2) is 24.3 Å². The van der Waals surface area contributed by atoms with Crippen molar-refractivity contribution in [3.63, 3.8) is 0 Å². The summed E-state index contributed by atoms with van der Waals surface area (Å²) in [4.78, 5) is 20.0. The third-order valence-corrected chi connectivity index (χ3v) is 4.33. The van der Waals surface area contributed by atoms with Crippen molar-refractivity contribution >= 4 is 6.03 Å². The van der Waals surface area contributed by atoms with E-state index in [-0.39, 0.29) is 17.8 Å². The van der Waals surface area contributed by atoms with Gasteiger partial charge < -0.3 is 9.80 Å². The van der Waals surface area contributed by atoms with Crippen molar-refractivity contribution in [3.8, 4) is 5.69 Å². The zero-order chi connectivity index (χ0) is 17.3. The van der Waals surface area contributed by atoms with E-state index in [0.29, 0.717) is 24.6 Å². The minimum Gasteiger partial charge on any atom is -0.331 e. The Morgan fingerprint density at radius 1 is 1.25 bits per heavy atom. The monoisotopic (exact) mass is 331 g/mol. The van der Waals surface area contributed by atoms with Crippen LogP contribution in [0.25, 0.3) is 5.69 Å². The van der Waals surface area contributed by atoms with Crippen molar-refractivity contribution in [2.45, 2.75) is 25.7 Å². The largest absolute Gasteiger partial charge is 0.331 e. The molecule has 1 aromatic heterocycles. The number of benzene rings is 1. The van der Waals surface area contributed by atoms with Gasteiger partial charge in [-0.25, -0.2) is 18.9 Å². The lowest BCUT2D eigenvalue weighted by Crippen LogP contribution is -2.43. The fraction of sp³-hybridized carbons (Fsp3) is 0.471. The Morgan fingerprint density at radius 3 is 2.54 bits per heavy atom. The van der Waals surface area contributed by atoms with E-state index in [9.17, 15) is 9.18 Å². The van der Waals surface area contributed by atoms with Crippen molar-refractivity contribution in [2.75, 3.05) is 27.2 Å². The Balaban J connectivity index is 1.82. The van der Waals surface area contributed by atoms with Crippen LogP contribution in [0.2, 0.25) is 0 Å². The number of hydrogen-bond acceptors (Lipinski definition) is 3. The third kappa shape index (κ3) is 3.11.